The average molecular weight is 326 g/mol. The third-order valence-corrected chi connectivity index (χ3v) is 6.28. The van der Waals surface area contributed by atoms with Crippen LogP contribution in [0, 0.1) is 11.3 Å². The second-order valence-electron chi connectivity index (χ2n) is 6.21. The van der Waals surface area contributed by atoms with Crippen molar-refractivity contribution in [2.45, 2.75) is 33.2 Å². The highest BCUT2D eigenvalue weighted by Crippen LogP contribution is 2.29. The number of hydrogen-bond donors (Lipinski definition) is 0. The van der Waals surface area contributed by atoms with Crippen LogP contribution in [-0.4, -0.2) is 49.8 Å². The van der Waals surface area contributed by atoms with Crippen molar-refractivity contribution in [3.8, 4) is 0 Å². The highest BCUT2D eigenvalue weighted by molar-refractivity contribution is 9.09. The van der Waals surface area contributed by atoms with Crippen molar-refractivity contribution in [3.05, 3.63) is 0 Å². The fourth-order valence-corrected chi connectivity index (χ4v) is 5.16. The number of rotatable bonds is 4. The summed E-state index contributed by atoms with van der Waals surface area (Å²) in [4.78, 5) is 2.22. The maximum Gasteiger partial charge on any atom is 0.151 e. The number of hydrogen-bond acceptors (Lipinski definition) is 3. The number of halogens is 1. The molecule has 1 saturated heterocycles. The molecule has 1 heterocycles. The summed E-state index contributed by atoms with van der Waals surface area (Å²) in [6.45, 7) is 7.66. The standard InChI is InChI=1S/C12H24BrNO2S/c1-12(2,3)10(7-13)8-14(4)11-5-6-17(15,16)9-11/h10-11H,5-9H2,1-4H3. The first-order valence-corrected chi connectivity index (χ1v) is 9.06. The molecule has 3 nitrogen and oxygen atoms in total. The summed E-state index contributed by atoms with van der Waals surface area (Å²) in [6.07, 6.45) is 0.790. The second kappa shape index (κ2) is 5.57. The Bertz CT molecular complexity index is 348. The first-order chi connectivity index (χ1) is 7.65. The highest BCUT2D eigenvalue weighted by atomic mass is 79.9. The van der Waals surface area contributed by atoms with Gasteiger partial charge in [0.05, 0.1) is 11.5 Å². The highest BCUT2D eigenvalue weighted by Gasteiger charge is 2.33. The first kappa shape index (κ1) is 15.4. The predicted octanol–water partition coefficient (Wildman–Crippen LogP) is 2.16. The minimum atomic E-state index is -2.77. The van der Waals surface area contributed by atoms with E-state index < -0.39 is 9.84 Å². The zero-order valence-electron chi connectivity index (χ0n) is 11.2. The molecule has 0 spiro atoms. The maximum absolute atomic E-state index is 11.5. The van der Waals surface area contributed by atoms with E-state index in [9.17, 15) is 8.42 Å². The maximum atomic E-state index is 11.5. The second-order valence-corrected chi connectivity index (χ2v) is 9.09. The van der Waals surface area contributed by atoms with Crippen molar-refractivity contribution in [2.75, 3.05) is 30.4 Å². The molecule has 0 radical (unpaired) electrons. The third-order valence-electron chi connectivity index (χ3n) is 3.75. The molecule has 0 N–H and O–H groups in total. The summed E-state index contributed by atoms with van der Waals surface area (Å²) in [6, 6.07) is 0.212. The van der Waals surface area contributed by atoms with Gasteiger partial charge >= 0.3 is 0 Å². The van der Waals surface area contributed by atoms with Gasteiger partial charge < -0.3 is 4.90 Å². The summed E-state index contributed by atoms with van der Waals surface area (Å²) < 4.78 is 22.9. The van der Waals surface area contributed by atoms with Crippen molar-refractivity contribution < 1.29 is 8.42 Å². The average Bonchev–Trinajstić information content (AvgIpc) is 2.53. The molecule has 1 rings (SSSR count). The number of nitrogens with zero attached hydrogens (tertiary/aromatic N) is 1. The Balaban J connectivity index is 2.57. The molecule has 0 saturated carbocycles. The van der Waals surface area contributed by atoms with Gasteiger partial charge in [-0.1, -0.05) is 36.7 Å². The lowest BCUT2D eigenvalue weighted by atomic mass is 9.81. The monoisotopic (exact) mass is 325 g/mol. The summed E-state index contributed by atoms with van der Waals surface area (Å²) in [5.74, 6) is 1.23. The minimum Gasteiger partial charge on any atom is -0.302 e. The molecule has 0 bridgehead atoms. The molecule has 102 valence electrons. The van der Waals surface area contributed by atoms with Gasteiger partial charge in [0.25, 0.3) is 0 Å². The normalized spacial score (nSPS) is 26.4. The molecule has 0 amide bonds. The minimum absolute atomic E-state index is 0.212. The van der Waals surface area contributed by atoms with Crippen molar-refractivity contribution in [1.82, 2.24) is 4.90 Å². The molecule has 0 aromatic carbocycles. The molecule has 2 unspecified atom stereocenters. The first-order valence-electron chi connectivity index (χ1n) is 6.12. The molecule has 2 atom stereocenters. The Kier molecular flexibility index (Phi) is 5.07. The Hall–Kier alpha value is 0.390. The zero-order chi connectivity index (χ0) is 13.3. The van der Waals surface area contributed by atoms with E-state index in [1.807, 2.05) is 7.05 Å². The molecule has 0 aromatic heterocycles. The Morgan fingerprint density at radius 2 is 2.00 bits per heavy atom. The van der Waals surface area contributed by atoms with E-state index in [1.54, 1.807) is 0 Å². The van der Waals surface area contributed by atoms with E-state index in [4.69, 9.17) is 0 Å². The van der Waals surface area contributed by atoms with Gasteiger partial charge in [-0.25, -0.2) is 8.42 Å². The van der Waals surface area contributed by atoms with Crippen molar-refractivity contribution in [3.63, 3.8) is 0 Å². The van der Waals surface area contributed by atoms with E-state index in [0.29, 0.717) is 17.4 Å². The summed E-state index contributed by atoms with van der Waals surface area (Å²) in [5.41, 5.74) is 0.245. The lowest BCUT2D eigenvalue weighted by Crippen LogP contribution is -2.40. The van der Waals surface area contributed by atoms with Gasteiger partial charge in [0.15, 0.2) is 9.84 Å². The number of alkyl halides is 1. The van der Waals surface area contributed by atoms with Gasteiger partial charge in [-0.05, 0) is 24.8 Å². The Morgan fingerprint density at radius 1 is 1.41 bits per heavy atom. The van der Waals surface area contributed by atoms with Crippen molar-refractivity contribution in [2.24, 2.45) is 11.3 Å². The van der Waals surface area contributed by atoms with Crippen LogP contribution >= 0.6 is 15.9 Å². The largest absolute Gasteiger partial charge is 0.302 e. The lowest BCUT2D eigenvalue weighted by Gasteiger charge is -2.34. The molecule has 1 fully saturated rings. The van der Waals surface area contributed by atoms with Crippen LogP contribution in [0.3, 0.4) is 0 Å². The van der Waals surface area contributed by atoms with E-state index in [2.05, 4.69) is 41.6 Å². The van der Waals surface area contributed by atoms with Crippen LogP contribution < -0.4 is 0 Å². The summed E-state index contributed by atoms with van der Waals surface area (Å²) >= 11 is 3.57. The van der Waals surface area contributed by atoms with Gasteiger partial charge in [-0.2, -0.15) is 0 Å². The van der Waals surface area contributed by atoms with Gasteiger partial charge in [-0.3, -0.25) is 0 Å². The molecule has 17 heavy (non-hydrogen) atoms. The smallest absolute Gasteiger partial charge is 0.151 e. The molecule has 1 aliphatic heterocycles. The van der Waals surface area contributed by atoms with E-state index in [-0.39, 0.29) is 11.5 Å². The van der Waals surface area contributed by atoms with E-state index in [1.165, 1.54) is 0 Å². The van der Waals surface area contributed by atoms with Crippen LogP contribution in [0.2, 0.25) is 0 Å². The van der Waals surface area contributed by atoms with Crippen LogP contribution in [0.5, 0.6) is 0 Å². The van der Waals surface area contributed by atoms with Gasteiger partial charge in [-0.15, -0.1) is 0 Å². The van der Waals surface area contributed by atoms with Gasteiger partial charge in [0.1, 0.15) is 0 Å². The molecule has 1 aliphatic rings. The van der Waals surface area contributed by atoms with E-state index in [0.717, 1.165) is 18.3 Å². The Morgan fingerprint density at radius 3 is 2.35 bits per heavy atom. The van der Waals surface area contributed by atoms with Gasteiger partial charge in [0, 0.05) is 17.9 Å². The van der Waals surface area contributed by atoms with Crippen molar-refractivity contribution >= 4 is 25.8 Å². The SMILES string of the molecule is CN(CC(CBr)C(C)(C)C)C1CCS(=O)(=O)C1. The summed E-state index contributed by atoms with van der Waals surface area (Å²) in [7, 11) is -0.723. The molecule has 0 aliphatic carbocycles. The topological polar surface area (TPSA) is 37.4 Å². The van der Waals surface area contributed by atoms with Crippen LogP contribution in [0.25, 0.3) is 0 Å². The molecular formula is C12H24BrNO2S. The molecular weight excluding hydrogens is 302 g/mol. The van der Waals surface area contributed by atoms with Crippen LogP contribution in [0.4, 0.5) is 0 Å². The Labute approximate surface area is 114 Å². The number of sulfone groups is 1. The van der Waals surface area contributed by atoms with Crippen LogP contribution in [0.15, 0.2) is 0 Å². The van der Waals surface area contributed by atoms with Crippen molar-refractivity contribution in [1.29, 1.82) is 0 Å². The van der Waals surface area contributed by atoms with Crippen LogP contribution in [0.1, 0.15) is 27.2 Å². The summed E-state index contributed by atoms with van der Waals surface area (Å²) in [5, 5.41) is 0.959. The third kappa shape index (κ3) is 4.52. The fourth-order valence-electron chi connectivity index (χ4n) is 2.17. The quantitative estimate of drug-likeness (QED) is 0.743. The molecule has 0 aromatic rings. The molecule has 5 heteroatoms. The van der Waals surface area contributed by atoms with Gasteiger partial charge in [0.2, 0.25) is 0 Å². The lowest BCUT2D eigenvalue weighted by molar-refractivity contribution is 0.160. The fraction of sp³-hybridized carbons (Fsp3) is 1.00. The predicted molar refractivity (Wildman–Crippen MR) is 76.4 cm³/mol. The van der Waals surface area contributed by atoms with E-state index >= 15 is 0 Å². The zero-order valence-corrected chi connectivity index (χ0v) is 13.6. The van der Waals surface area contributed by atoms with Crippen LogP contribution in [-0.2, 0) is 9.84 Å².